The average molecular weight is 293 g/mol. The first kappa shape index (κ1) is 16.7. The van der Waals surface area contributed by atoms with Gasteiger partial charge in [-0.3, -0.25) is 9.59 Å². The van der Waals surface area contributed by atoms with E-state index in [4.69, 9.17) is 10.2 Å². The van der Waals surface area contributed by atoms with Crippen molar-refractivity contribution in [3.63, 3.8) is 0 Å². The summed E-state index contributed by atoms with van der Waals surface area (Å²) >= 11 is 0. The Hall–Kier alpha value is -2.37. The summed E-state index contributed by atoms with van der Waals surface area (Å²) in [6.45, 7) is 1.90. The van der Waals surface area contributed by atoms with Crippen molar-refractivity contribution in [1.82, 2.24) is 0 Å². The monoisotopic (exact) mass is 293 g/mol. The first-order valence-electron chi connectivity index (χ1n) is 6.80. The van der Waals surface area contributed by atoms with Crippen molar-refractivity contribution in [2.45, 2.75) is 32.6 Å². The molecule has 6 nitrogen and oxygen atoms in total. The van der Waals surface area contributed by atoms with Crippen LogP contribution in [0.1, 0.15) is 43.0 Å². The number of anilines is 1. The number of aliphatic carboxylic acids is 1. The van der Waals surface area contributed by atoms with Crippen LogP contribution in [0.5, 0.6) is 0 Å². The van der Waals surface area contributed by atoms with Gasteiger partial charge in [-0.2, -0.15) is 0 Å². The molecule has 0 aliphatic carbocycles. The molecule has 6 heteroatoms. The van der Waals surface area contributed by atoms with Crippen LogP contribution in [0, 0.1) is 5.92 Å². The molecule has 21 heavy (non-hydrogen) atoms. The minimum atomic E-state index is -1.07. The van der Waals surface area contributed by atoms with E-state index in [1.54, 1.807) is 6.07 Å². The minimum Gasteiger partial charge on any atom is -0.481 e. The molecule has 0 saturated carbocycles. The van der Waals surface area contributed by atoms with E-state index in [1.807, 2.05) is 6.92 Å². The van der Waals surface area contributed by atoms with Gasteiger partial charge in [0.2, 0.25) is 5.91 Å². The van der Waals surface area contributed by atoms with Crippen molar-refractivity contribution in [2.75, 3.05) is 5.32 Å². The highest BCUT2D eigenvalue weighted by Crippen LogP contribution is 2.16. The lowest BCUT2D eigenvalue weighted by molar-refractivity contribution is -0.142. The number of rotatable bonds is 8. The first-order chi connectivity index (χ1) is 9.93. The fraction of sp³-hybridized carbons (Fsp3) is 0.400. The fourth-order valence-corrected chi connectivity index (χ4v) is 2.00. The molecule has 0 aliphatic heterocycles. The Morgan fingerprint density at radius 2 is 1.90 bits per heavy atom. The Bertz CT molecular complexity index is 527. The van der Waals surface area contributed by atoms with E-state index >= 15 is 0 Å². The summed E-state index contributed by atoms with van der Waals surface area (Å²) in [7, 11) is 0. The number of carbonyl (C=O) groups excluding carboxylic acids is 1. The van der Waals surface area contributed by atoms with Crippen molar-refractivity contribution in [1.29, 1.82) is 0 Å². The SMILES string of the molecule is CCC[C@@H](CCC(=O)Nc1cccc(C(=O)O)c1)C(=O)O. The van der Waals surface area contributed by atoms with Crippen LogP contribution in [0.3, 0.4) is 0 Å². The summed E-state index contributed by atoms with van der Waals surface area (Å²) in [6, 6.07) is 5.92. The number of benzene rings is 1. The van der Waals surface area contributed by atoms with Crippen LogP contribution in [0.25, 0.3) is 0 Å². The van der Waals surface area contributed by atoms with E-state index < -0.39 is 17.9 Å². The van der Waals surface area contributed by atoms with Gasteiger partial charge in [0.25, 0.3) is 0 Å². The van der Waals surface area contributed by atoms with E-state index in [0.29, 0.717) is 12.1 Å². The van der Waals surface area contributed by atoms with Gasteiger partial charge in [0.15, 0.2) is 0 Å². The standard InChI is InChI=1S/C15H19NO5/c1-2-4-10(14(18)19)7-8-13(17)16-12-6-3-5-11(9-12)15(20)21/h3,5-6,9-10H,2,4,7-8H2,1H3,(H,16,17)(H,18,19)(H,20,21)/t10-/m0/s1. The van der Waals surface area contributed by atoms with Crippen LogP contribution in [0.15, 0.2) is 24.3 Å². The molecule has 0 radical (unpaired) electrons. The molecule has 0 aromatic heterocycles. The molecular weight excluding hydrogens is 274 g/mol. The smallest absolute Gasteiger partial charge is 0.335 e. The van der Waals surface area contributed by atoms with Gasteiger partial charge in [-0.15, -0.1) is 0 Å². The van der Waals surface area contributed by atoms with E-state index in [2.05, 4.69) is 5.32 Å². The number of nitrogens with one attached hydrogen (secondary N) is 1. The van der Waals surface area contributed by atoms with Crippen molar-refractivity contribution < 1.29 is 24.6 Å². The Balaban J connectivity index is 2.55. The molecule has 1 aromatic rings. The molecular formula is C15H19NO5. The largest absolute Gasteiger partial charge is 0.481 e. The summed E-state index contributed by atoms with van der Waals surface area (Å²) in [5.41, 5.74) is 0.476. The summed E-state index contributed by atoms with van der Waals surface area (Å²) in [5, 5.41) is 20.4. The van der Waals surface area contributed by atoms with Gasteiger partial charge in [0, 0.05) is 12.1 Å². The van der Waals surface area contributed by atoms with E-state index in [9.17, 15) is 14.4 Å². The molecule has 0 spiro atoms. The Labute approximate surface area is 122 Å². The van der Waals surface area contributed by atoms with Crippen molar-refractivity contribution in [2.24, 2.45) is 5.92 Å². The fourth-order valence-electron chi connectivity index (χ4n) is 2.00. The Morgan fingerprint density at radius 3 is 2.48 bits per heavy atom. The van der Waals surface area contributed by atoms with Crippen molar-refractivity contribution >= 4 is 23.5 Å². The molecule has 0 heterocycles. The third-order valence-corrected chi connectivity index (χ3v) is 3.10. The molecule has 1 rings (SSSR count). The highest BCUT2D eigenvalue weighted by Gasteiger charge is 2.17. The van der Waals surface area contributed by atoms with Crippen molar-refractivity contribution in [3.8, 4) is 0 Å². The lowest BCUT2D eigenvalue weighted by Gasteiger charge is -2.11. The molecule has 0 saturated heterocycles. The molecule has 0 unspecified atom stereocenters. The lowest BCUT2D eigenvalue weighted by atomic mass is 9.98. The Morgan fingerprint density at radius 1 is 1.19 bits per heavy atom. The topological polar surface area (TPSA) is 104 Å². The molecule has 1 atom stereocenters. The zero-order valence-electron chi connectivity index (χ0n) is 11.8. The number of carboxylic acid groups (broad SMARTS) is 2. The van der Waals surface area contributed by atoms with Crippen LogP contribution in [0.4, 0.5) is 5.69 Å². The number of hydrogen-bond donors (Lipinski definition) is 3. The first-order valence-corrected chi connectivity index (χ1v) is 6.80. The van der Waals surface area contributed by atoms with Gasteiger partial charge in [0.05, 0.1) is 11.5 Å². The summed E-state index contributed by atoms with van der Waals surface area (Å²) in [6.07, 6.45) is 1.65. The van der Waals surface area contributed by atoms with Crippen LogP contribution in [-0.4, -0.2) is 28.1 Å². The van der Waals surface area contributed by atoms with Gasteiger partial charge >= 0.3 is 11.9 Å². The maximum atomic E-state index is 11.8. The van der Waals surface area contributed by atoms with Gasteiger partial charge in [0.1, 0.15) is 0 Å². The molecule has 1 aromatic carbocycles. The number of amides is 1. The highest BCUT2D eigenvalue weighted by atomic mass is 16.4. The second-order valence-corrected chi connectivity index (χ2v) is 4.80. The molecule has 0 fully saturated rings. The summed E-state index contributed by atoms with van der Waals surface area (Å²) in [5.74, 6) is -2.80. The number of carboxylic acids is 2. The number of aromatic carboxylic acids is 1. The second kappa shape index (κ2) is 8.04. The molecule has 0 aliphatic rings. The molecule has 0 bridgehead atoms. The van der Waals surface area contributed by atoms with Crippen LogP contribution >= 0.6 is 0 Å². The zero-order valence-corrected chi connectivity index (χ0v) is 11.8. The predicted molar refractivity (Wildman–Crippen MR) is 77.3 cm³/mol. The van der Waals surface area contributed by atoms with E-state index in [-0.39, 0.29) is 24.3 Å². The maximum Gasteiger partial charge on any atom is 0.335 e. The maximum absolute atomic E-state index is 11.8. The quantitative estimate of drug-likeness (QED) is 0.683. The van der Waals surface area contributed by atoms with Crippen molar-refractivity contribution in [3.05, 3.63) is 29.8 Å². The summed E-state index contributed by atoms with van der Waals surface area (Å²) < 4.78 is 0. The van der Waals surface area contributed by atoms with Crippen LogP contribution in [-0.2, 0) is 9.59 Å². The molecule has 1 amide bonds. The van der Waals surface area contributed by atoms with E-state index in [0.717, 1.165) is 6.42 Å². The van der Waals surface area contributed by atoms with Gasteiger partial charge < -0.3 is 15.5 Å². The predicted octanol–water partition coefficient (Wildman–Crippen LogP) is 2.60. The molecule has 114 valence electrons. The average Bonchev–Trinajstić information content (AvgIpc) is 2.43. The highest BCUT2D eigenvalue weighted by molar-refractivity contribution is 5.94. The van der Waals surface area contributed by atoms with Crippen LogP contribution < -0.4 is 5.32 Å². The lowest BCUT2D eigenvalue weighted by Crippen LogP contribution is -2.18. The zero-order chi connectivity index (χ0) is 15.8. The third kappa shape index (κ3) is 5.64. The number of carbonyl (C=O) groups is 3. The van der Waals surface area contributed by atoms with Gasteiger partial charge in [-0.25, -0.2) is 4.79 Å². The molecule has 3 N–H and O–H groups in total. The minimum absolute atomic E-state index is 0.0854. The second-order valence-electron chi connectivity index (χ2n) is 4.80. The Kier molecular flexibility index (Phi) is 6.39. The summed E-state index contributed by atoms with van der Waals surface area (Å²) in [4.78, 5) is 33.6. The van der Waals surface area contributed by atoms with E-state index in [1.165, 1.54) is 18.2 Å². The normalized spacial score (nSPS) is 11.7. The third-order valence-electron chi connectivity index (χ3n) is 3.10. The van der Waals surface area contributed by atoms with Crippen LogP contribution in [0.2, 0.25) is 0 Å². The number of hydrogen-bond acceptors (Lipinski definition) is 3. The van der Waals surface area contributed by atoms with Gasteiger partial charge in [-0.1, -0.05) is 19.4 Å². The van der Waals surface area contributed by atoms with Gasteiger partial charge in [-0.05, 0) is 31.0 Å².